The summed E-state index contributed by atoms with van der Waals surface area (Å²) in [6.07, 6.45) is 1.48. The van der Waals surface area contributed by atoms with Gasteiger partial charge in [-0.15, -0.1) is 0 Å². The highest BCUT2D eigenvalue weighted by molar-refractivity contribution is 7.99. The number of oxazole rings is 1. The van der Waals surface area contributed by atoms with Crippen LogP contribution < -0.4 is 10.1 Å². The van der Waals surface area contributed by atoms with Gasteiger partial charge in [-0.3, -0.25) is 14.9 Å². The van der Waals surface area contributed by atoms with E-state index in [1.807, 2.05) is 0 Å². The molecule has 0 aliphatic rings. The number of nitrogens with one attached hydrogen (secondary N) is 1. The highest BCUT2D eigenvalue weighted by atomic mass is 32.2. The Morgan fingerprint density at radius 3 is 2.76 bits per heavy atom. The van der Waals surface area contributed by atoms with E-state index in [0.29, 0.717) is 23.7 Å². The number of benzene rings is 2. The number of thioether (sulfide) groups is 1. The molecule has 29 heavy (non-hydrogen) atoms. The number of amides is 1. The van der Waals surface area contributed by atoms with Gasteiger partial charge in [0.15, 0.2) is 5.76 Å². The van der Waals surface area contributed by atoms with Crippen molar-refractivity contribution in [2.24, 2.45) is 0 Å². The molecule has 0 saturated carbocycles. The zero-order chi connectivity index (χ0) is 20.8. The molecule has 1 N–H and O–H groups in total. The molecule has 0 aliphatic heterocycles. The van der Waals surface area contributed by atoms with E-state index in [9.17, 15) is 19.3 Å². The zero-order valence-electron chi connectivity index (χ0n) is 15.3. The van der Waals surface area contributed by atoms with Gasteiger partial charge in [0, 0.05) is 5.56 Å². The number of nitrogens with zero attached hydrogens (tertiary/aromatic N) is 2. The number of hydrogen-bond donors (Lipinski definition) is 1. The van der Waals surface area contributed by atoms with E-state index in [2.05, 4.69) is 10.3 Å². The Bertz CT molecular complexity index is 1020. The normalized spacial score (nSPS) is 10.6. The molecule has 3 aromatic rings. The lowest BCUT2D eigenvalue weighted by atomic mass is 10.2. The Balaban J connectivity index is 1.62. The standard InChI is InChI=1S/C19H16FN3O5S/c1-2-27-14-7-8-15(16(9-14)23(25)26)22-18(24)11-29-19-21-10-17(28-19)12-3-5-13(20)6-4-12/h3-10H,2,11H2,1H3,(H,22,24). The first-order chi connectivity index (χ1) is 14.0. The van der Waals surface area contributed by atoms with Crippen LogP contribution in [0, 0.1) is 15.9 Å². The van der Waals surface area contributed by atoms with E-state index in [4.69, 9.17) is 9.15 Å². The highest BCUT2D eigenvalue weighted by Gasteiger charge is 2.18. The fourth-order valence-electron chi connectivity index (χ4n) is 2.41. The molecule has 0 unspecified atom stereocenters. The quantitative estimate of drug-likeness (QED) is 0.326. The first-order valence-electron chi connectivity index (χ1n) is 8.52. The van der Waals surface area contributed by atoms with E-state index in [1.54, 1.807) is 25.1 Å². The average Bonchev–Trinajstić information content (AvgIpc) is 3.17. The van der Waals surface area contributed by atoms with Crippen molar-refractivity contribution in [3.63, 3.8) is 0 Å². The lowest BCUT2D eigenvalue weighted by molar-refractivity contribution is -0.384. The maximum atomic E-state index is 13.0. The fraction of sp³-hybridized carbons (Fsp3) is 0.158. The summed E-state index contributed by atoms with van der Waals surface area (Å²) in [5.74, 6) is -0.0882. The summed E-state index contributed by atoms with van der Waals surface area (Å²) >= 11 is 1.03. The van der Waals surface area contributed by atoms with Crippen LogP contribution in [0.1, 0.15) is 6.92 Å². The van der Waals surface area contributed by atoms with Crippen LogP contribution in [0.3, 0.4) is 0 Å². The van der Waals surface area contributed by atoms with E-state index >= 15 is 0 Å². The van der Waals surface area contributed by atoms with Gasteiger partial charge < -0.3 is 14.5 Å². The minimum Gasteiger partial charge on any atom is -0.494 e. The Labute approximate surface area is 169 Å². The molecule has 0 fully saturated rings. The number of hydrogen-bond acceptors (Lipinski definition) is 7. The fourth-order valence-corrected chi connectivity index (χ4v) is 3.01. The molecule has 0 atom stereocenters. The van der Waals surface area contributed by atoms with Crippen LogP contribution >= 0.6 is 11.8 Å². The van der Waals surface area contributed by atoms with Crippen molar-refractivity contribution in [3.8, 4) is 17.1 Å². The molecule has 10 heteroatoms. The zero-order valence-corrected chi connectivity index (χ0v) is 16.1. The molecule has 150 valence electrons. The number of carbonyl (C=O) groups excluding carboxylic acids is 1. The topological polar surface area (TPSA) is 108 Å². The molecule has 1 heterocycles. The molecular weight excluding hydrogens is 401 g/mol. The summed E-state index contributed by atoms with van der Waals surface area (Å²) in [7, 11) is 0. The maximum Gasteiger partial charge on any atom is 0.296 e. The first-order valence-corrected chi connectivity index (χ1v) is 9.50. The summed E-state index contributed by atoms with van der Waals surface area (Å²) in [5, 5.41) is 14.0. The number of ether oxygens (including phenoxy) is 1. The summed E-state index contributed by atoms with van der Waals surface area (Å²) in [6, 6.07) is 9.95. The van der Waals surface area contributed by atoms with Crippen LogP contribution in [0.15, 0.2) is 58.3 Å². The minimum absolute atomic E-state index is 0.0618. The van der Waals surface area contributed by atoms with E-state index in [-0.39, 0.29) is 28.2 Å². The monoisotopic (exact) mass is 417 g/mol. The second-order valence-electron chi connectivity index (χ2n) is 5.70. The van der Waals surface area contributed by atoms with Crippen molar-refractivity contribution in [1.82, 2.24) is 4.98 Å². The molecular formula is C19H16FN3O5S. The third-order valence-corrected chi connectivity index (χ3v) is 4.53. The summed E-state index contributed by atoms with van der Waals surface area (Å²) in [6.45, 7) is 2.14. The van der Waals surface area contributed by atoms with Gasteiger partial charge >= 0.3 is 0 Å². The molecule has 2 aromatic carbocycles. The largest absolute Gasteiger partial charge is 0.494 e. The van der Waals surface area contributed by atoms with Gasteiger partial charge in [-0.05, 0) is 43.3 Å². The summed E-state index contributed by atoms with van der Waals surface area (Å²) in [4.78, 5) is 26.9. The van der Waals surface area contributed by atoms with E-state index < -0.39 is 10.8 Å². The van der Waals surface area contributed by atoms with Crippen molar-refractivity contribution in [2.75, 3.05) is 17.7 Å². The predicted molar refractivity (Wildman–Crippen MR) is 106 cm³/mol. The molecule has 0 aliphatic carbocycles. The number of nitro groups is 1. The average molecular weight is 417 g/mol. The van der Waals surface area contributed by atoms with Crippen LogP contribution in [0.5, 0.6) is 5.75 Å². The third kappa shape index (κ3) is 5.32. The number of rotatable bonds is 8. The molecule has 1 aromatic heterocycles. The Kier molecular flexibility index (Phi) is 6.45. The van der Waals surface area contributed by atoms with Crippen LogP contribution in [0.2, 0.25) is 0 Å². The molecule has 3 rings (SSSR count). The molecule has 1 amide bonds. The van der Waals surface area contributed by atoms with Crippen LogP contribution in [0.4, 0.5) is 15.8 Å². The lowest BCUT2D eigenvalue weighted by Gasteiger charge is -2.08. The summed E-state index contributed by atoms with van der Waals surface area (Å²) in [5.41, 5.74) is 0.465. The van der Waals surface area contributed by atoms with E-state index in [0.717, 1.165) is 11.8 Å². The van der Waals surface area contributed by atoms with Crippen molar-refractivity contribution in [3.05, 3.63) is 64.6 Å². The number of halogens is 1. The molecule has 0 radical (unpaired) electrons. The maximum absolute atomic E-state index is 13.0. The number of aromatic nitrogens is 1. The smallest absolute Gasteiger partial charge is 0.296 e. The van der Waals surface area contributed by atoms with Crippen molar-refractivity contribution in [2.45, 2.75) is 12.1 Å². The Morgan fingerprint density at radius 1 is 1.31 bits per heavy atom. The predicted octanol–water partition coefficient (Wildman–Crippen LogP) is 4.52. The van der Waals surface area contributed by atoms with Crippen molar-refractivity contribution < 1.29 is 23.3 Å². The van der Waals surface area contributed by atoms with Gasteiger partial charge in [0.1, 0.15) is 17.3 Å². The molecule has 0 saturated heterocycles. The van der Waals surface area contributed by atoms with Gasteiger partial charge in [-0.2, -0.15) is 0 Å². The molecule has 0 spiro atoms. The molecule has 8 nitrogen and oxygen atoms in total. The molecule has 0 bridgehead atoms. The van der Waals surface area contributed by atoms with Gasteiger partial charge in [0.05, 0.1) is 29.5 Å². The van der Waals surface area contributed by atoms with Crippen LogP contribution in [0.25, 0.3) is 11.3 Å². The number of carbonyl (C=O) groups is 1. The second-order valence-corrected chi connectivity index (χ2v) is 6.63. The van der Waals surface area contributed by atoms with Gasteiger partial charge in [0.2, 0.25) is 5.91 Å². The third-order valence-electron chi connectivity index (χ3n) is 3.69. The van der Waals surface area contributed by atoms with Gasteiger partial charge in [0.25, 0.3) is 10.9 Å². The minimum atomic E-state index is -0.589. The Morgan fingerprint density at radius 2 is 2.07 bits per heavy atom. The van der Waals surface area contributed by atoms with Gasteiger partial charge in [-0.1, -0.05) is 11.8 Å². The Hall–Kier alpha value is -3.40. The highest BCUT2D eigenvalue weighted by Crippen LogP contribution is 2.30. The number of nitro benzene ring substituents is 1. The summed E-state index contributed by atoms with van der Waals surface area (Å²) < 4.78 is 23.8. The lowest BCUT2D eigenvalue weighted by Crippen LogP contribution is -2.15. The van der Waals surface area contributed by atoms with Gasteiger partial charge in [-0.25, -0.2) is 9.37 Å². The van der Waals surface area contributed by atoms with E-state index in [1.165, 1.54) is 30.5 Å². The van der Waals surface area contributed by atoms with Crippen molar-refractivity contribution in [1.29, 1.82) is 0 Å². The number of anilines is 1. The SMILES string of the molecule is CCOc1ccc(NC(=O)CSc2ncc(-c3ccc(F)cc3)o2)c([N+](=O)[O-])c1. The van der Waals surface area contributed by atoms with Crippen LogP contribution in [-0.2, 0) is 4.79 Å². The van der Waals surface area contributed by atoms with Crippen molar-refractivity contribution >= 4 is 29.0 Å². The van der Waals surface area contributed by atoms with Crippen LogP contribution in [-0.4, -0.2) is 28.2 Å². The second kappa shape index (κ2) is 9.20. The first kappa shape index (κ1) is 20.3.